The Morgan fingerprint density at radius 3 is 2.39 bits per heavy atom. The smallest absolute Gasteiger partial charge is 0.437 e. The molecule has 7 rings (SSSR count). The lowest BCUT2D eigenvalue weighted by Gasteiger charge is -2.42. The minimum atomic E-state index is -4.96. The minimum absolute atomic E-state index is 0.0385. The molecule has 0 radical (unpaired) electrons. The molecule has 16 nitrogen and oxygen atoms in total. The SMILES string of the molecule is CCCCC/C=C\[C@@H]1C=C[C@]1(NC(=O)[C@@H]1C[C@]2(CCc3c(c(C(F)(F)F)nc4ccc(OCCCN5[C@H](C)COC[C@@H]5C)cc34)O2)CN1C(=O)CNC(=O)OC(C)(C)C)C(=O)NS(=O)(=O)C1(C)CC1. The van der Waals surface area contributed by atoms with Crippen LogP contribution in [0.1, 0.15) is 118 Å². The summed E-state index contributed by atoms with van der Waals surface area (Å²) in [6.45, 7) is 14.1. The van der Waals surface area contributed by atoms with Crippen LogP contribution in [0.25, 0.3) is 10.9 Å². The normalized spacial score (nSPS) is 26.6. The minimum Gasteiger partial charge on any atom is -0.494 e. The maximum atomic E-state index is 15.0. The number of carbonyl (C=O) groups excluding carboxylic acids is 4. The zero-order valence-corrected chi connectivity index (χ0v) is 41.4. The van der Waals surface area contributed by atoms with Crippen molar-refractivity contribution in [2.24, 2.45) is 5.92 Å². The Morgan fingerprint density at radius 2 is 1.75 bits per heavy atom. The molecule has 69 heavy (non-hydrogen) atoms. The number of morpholine rings is 1. The molecule has 0 bridgehead atoms. The topological polar surface area (TPSA) is 195 Å². The number of fused-ring (bicyclic) bond motifs is 3. The number of alkyl carbamates (subject to hydrolysis) is 1. The van der Waals surface area contributed by atoms with Crippen LogP contribution in [0.3, 0.4) is 0 Å². The molecule has 1 saturated carbocycles. The molecular formula is C49H67F3N6O10S. The van der Waals surface area contributed by atoms with Gasteiger partial charge >= 0.3 is 12.3 Å². The summed E-state index contributed by atoms with van der Waals surface area (Å²) in [7, 11) is -4.17. The standard InChI is InChI=1S/C49H67F3N6O10S/c1-8-9-10-11-12-14-33-17-20-48(33,43(61)56-69(63,64)46(7)21-22-46)55-42(60)38-26-47(30-58(38)39(59)27-53-44(62)68-45(4,5)6)19-18-35-36-25-34(66-24-13-23-57-31(2)28-65-29-32(57)3)15-16-37(36)54-41(40(35)67-47)49(50,51)52/h12,14-17,20,25,31-33,38H,8-11,13,18-19,21-24,26-30H2,1-7H3,(H,53,62)(H,55,60)(H,56,61)/b14-12-/t31-,32+,33-,38+,47-,48-/m1/s1. The highest BCUT2D eigenvalue weighted by Crippen LogP contribution is 2.49. The maximum Gasteiger partial charge on any atom is 0.437 e. The molecule has 3 aliphatic heterocycles. The first kappa shape index (κ1) is 51.9. The molecule has 6 atom stereocenters. The van der Waals surface area contributed by atoms with Gasteiger partial charge < -0.3 is 34.5 Å². The molecule has 1 aromatic carbocycles. The number of halogens is 3. The number of hydrogen-bond donors (Lipinski definition) is 3. The number of nitrogens with zero attached hydrogens (tertiary/aromatic N) is 3. The average molecular weight is 989 g/mol. The van der Waals surface area contributed by atoms with Crippen LogP contribution in [0.5, 0.6) is 11.5 Å². The summed E-state index contributed by atoms with van der Waals surface area (Å²) in [4.78, 5) is 63.4. The number of hydrogen-bond acceptors (Lipinski definition) is 12. The van der Waals surface area contributed by atoms with E-state index in [4.69, 9.17) is 18.9 Å². The van der Waals surface area contributed by atoms with E-state index in [9.17, 15) is 27.6 Å². The number of rotatable bonds is 17. The van der Waals surface area contributed by atoms with E-state index in [0.29, 0.717) is 56.6 Å². The molecule has 1 aromatic heterocycles. The number of benzene rings is 1. The lowest BCUT2D eigenvalue weighted by molar-refractivity contribution is -0.144. The number of unbranched alkanes of at least 4 members (excludes halogenated alkanes) is 3. The van der Waals surface area contributed by atoms with Gasteiger partial charge in [0.15, 0.2) is 11.4 Å². The van der Waals surface area contributed by atoms with Crippen molar-refractivity contribution in [3.63, 3.8) is 0 Å². The van der Waals surface area contributed by atoms with Gasteiger partial charge in [0.1, 0.15) is 35.1 Å². The number of alkyl halides is 3. The van der Waals surface area contributed by atoms with Crippen molar-refractivity contribution < 1.29 is 59.7 Å². The molecule has 3 fully saturated rings. The summed E-state index contributed by atoms with van der Waals surface area (Å²) < 4.78 is 96.4. The van der Waals surface area contributed by atoms with Crippen LogP contribution in [0.2, 0.25) is 0 Å². The monoisotopic (exact) mass is 988 g/mol. The molecule has 2 aliphatic carbocycles. The number of sulfonamides is 1. The zero-order chi connectivity index (χ0) is 50.2. The van der Waals surface area contributed by atoms with E-state index in [-0.39, 0.29) is 49.0 Å². The van der Waals surface area contributed by atoms with Crippen molar-refractivity contribution in [3.05, 3.63) is 53.8 Å². The molecule has 3 N–H and O–H groups in total. The van der Waals surface area contributed by atoms with E-state index in [1.165, 1.54) is 19.1 Å². The number of aromatic nitrogens is 1. The predicted molar refractivity (Wildman–Crippen MR) is 251 cm³/mol. The van der Waals surface area contributed by atoms with E-state index >= 15 is 13.2 Å². The zero-order valence-electron chi connectivity index (χ0n) is 40.6. The van der Waals surface area contributed by atoms with Gasteiger partial charge in [0.05, 0.1) is 36.6 Å². The van der Waals surface area contributed by atoms with Gasteiger partial charge in [-0.2, -0.15) is 13.2 Å². The Labute approximate surface area is 402 Å². The lowest BCUT2D eigenvalue weighted by atomic mass is 9.73. The van der Waals surface area contributed by atoms with Crippen LogP contribution < -0.4 is 24.8 Å². The van der Waals surface area contributed by atoms with Crippen molar-refractivity contribution in [2.75, 3.05) is 39.5 Å². The van der Waals surface area contributed by atoms with Crippen LogP contribution in [0.15, 0.2) is 42.5 Å². The van der Waals surface area contributed by atoms with Crippen LogP contribution >= 0.6 is 0 Å². The largest absolute Gasteiger partial charge is 0.494 e. The molecule has 4 heterocycles. The van der Waals surface area contributed by atoms with Crippen molar-refractivity contribution in [1.29, 1.82) is 0 Å². The molecule has 2 aromatic rings. The highest BCUT2D eigenvalue weighted by atomic mass is 32.2. The van der Waals surface area contributed by atoms with E-state index < -0.39 is 91.5 Å². The third-order valence-corrected chi connectivity index (χ3v) is 16.0. The molecule has 0 unspecified atom stereocenters. The molecule has 380 valence electrons. The number of aryl methyl sites for hydroxylation is 1. The van der Waals surface area contributed by atoms with Gasteiger partial charge in [-0.3, -0.25) is 24.0 Å². The summed E-state index contributed by atoms with van der Waals surface area (Å²) in [5, 5.41) is 5.57. The second-order valence-corrected chi connectivity index (χ2v) is 22.8. The van der Waals surface area contributed by atoms with Gasteiger partial charge in [-0.15, -0.1) is 0 Å². The van der Waals surface area contributed by atoms with Gasteiger partial charge in [-0.05, 0) is 105 Å². The van der Waals surface area contributed by atoms with Gasteiger partial charge in [0.2, 0.25) is 21.8 Å². The number of pyridine rings is 1. The van der Waals surface area contributed by atoms with E-state index in [1.54, 1.807) is 45.1 Å². The number of allylic oxidation sites excluding steroid dienone is 1. The average Bonchev–Trinajstić information content (AvgIpc) is 3.93. The van der Waals surface area contributed by atoms with Crippen molar-refractivity contribution in [1.82, 2.24) is 30.1 Å². The van der Waals surface area contributed by atoms with Crippen molar-refractivity contribution >= 4 is 44.7 Å². The number of ether oxygens (including phenoxy) is 4. The second kappa shape index (κ2) is 20.0. The number of nitrogens with one attached hydrogen (secondary N) is 3. The summed E-state index contributed by atoms with van der Waals surface area (Å²) in [6.07, 6.45) is 5.44. The van der Waals surface area contributed by atoms with E-state index in [0.717, 1.165) is 30.7 Å². The lowest BCUT2D eigenvalue weighted by Crippen LogP contribution is -2.67. The quantitative estimate of drug-likeness (QED) is 0.115. The van der Waals surface area contributed by atoms with Crippen LogP contribution in [-0.4, -0.2) is 126 Å². The Balaban J connectivity index is 1.18. The van der Waals surface area contributed by atoms with Crippen LogP contribution in [0.4, 0.5) is 18.0 Å². The summed E-state index contributed by atoms with van der Waals surface area (Å²) >= 11 is 0. The van der Waals surface area contributed by atoms with E-state index in [2.05, 4.69) is 46.0 Å². The fourth-order valence-corrected chi connectivity index (χ4v) is 10.9. The Kier molecular flexibility index (Phi) is 15.1. The van der Waals surface area contributed by atoms with Gasteiger partial charge in [0.25, 0.3) is 5.91 Å². The molecular weight excluding hydrogens is 922 g/mol. The summed E-state index contributed by atoms with van der Waals surface area (Å²) in [6, 6.07) is 3.78. The Bertz CT molecular complexity index is 2450. The van der Waals surface area contributed by atoms with Crippen molar-refractivity contribution in [3.8, 4) is 11.5 Å². The highest BCUT2D eigenvalue weighted by Gasteiger charge is 2.58. The number of likely N-dealkylation sites (tertiary alicyclic amines) is 1. The summed E-state index contributed by atoms with van der Waals surface area (Å²) in [5.74, 6) is -3.52. The fourth-order valence-electron chi connectivity index (χ4n) is 9.57. The predicted octanol–water partition coefficient (Wildman–Crippen LogP) is 6.50. The highest BCUT2D eigenvalue weighted by molar-refractivity contribution is 7.91. The molecule has 20 heteroatoms. The second-order valence-electron chi connectivity index (χ2n) is 20.6. The summed E-state index contributed by atoms with van der Waals surface area (Å²) in [5.41, 5.74) is -5.32. The third-order valence-electron chi connectivity index (χ3n) is 13.9. The first-order valence-electron chi connectivity index (χ1n) is 24.1. The number of carbonyl (C=O) groups is 4. The van der Waals surface area contributed by atoms with Gasteiger partial charge in [-0.1, -0.05) is 44.1 Å². The van der Waals surface area contributed by atoms with Gasteiger partial charge in [-0.25, -0.2) is 18.2 Å². The molecule has 2 saturated heterocycles. The first-order valence-corrected chi connectivity index (χ1v) is 25.6. The van der Waals surface area contributed by atoms with Crippen LogP contribution in [0, 0.1) is 5.92 Å². The first-order chi connectivity index (χ1) is 32.4. The third kappa shape index (κ3) is 11.5. The van der Waals surface area contributed by atoms with Crippen molar-refractivity contribution in [2.45, 2.75) is 158 Å². The Morgan fingerprint density at radius 1 is 1.03 bits per heavy atom. The maximum absolute atomic E-state index is 15.0. The Hall–Kier alpha value is -4.95. The van der Waals surface area contributed by atoms with Gasteiger partial charge in [0, 0.05) is 41.9 Å². The molecule has 5 aliphatic rings. The van der Waals surface area contributed by atoms with E-state index in [1.807, 2.05) is 6.08 Å². The fraction of sp³-hybridized carbons (Fsp3) is 0.653. The molecule has 1 spiro atoms. The van der Waals surface area contributed by atoms with Crippen LogP contribution in [-0.2, 0) is 46.5 Å². The number of amides is 4. The molecule has 4 amide bonds.